The summed E-state index contributed by atoms with van der Waals surface area (Å²) < 4.78 is 16.9. The topological polar surface area (TPSA) is 115 Å². The second-order valence-corrected chi connectivity index (χ2v) is 7.41. The van der Waals surface area contributed by atoms with Gasteiger partial charge in [0.15, 0.2) is 11.5 Å². The molecule has 9 nitrogen and oxygen atoms in total. The third-order valence-corrected chi connectivity index (χ3v) is 4.90. The fourth-order valence-electron chi connectivity index (χ4n) is 3.28. The molecule has 0 unspecified atom stereocenters. The normalized spacial score (nSPS) is 10.2. The van der Waals surface area contributed by atoms with Gasteiger partial charge in [-0.3, -0.25) is 25.2 Å². The van der Waals surface area contributed by atoms with Gasteiger partial charge in [0.25, 0.3) is 17.7 Å². The molecule has 0 bridgehead atoms. The Morgan fingerprint density at radius 2 is 1.11 bits per heavy atom. The Morgan fingerprint density at radius 1 is 0.611 bits per heavy atom. The van der Waals surface area contributed by atoms with E-state index in [9.17, 15) is 14.4 Å². The number of carbonyl (C=O) groups is 3. The molecule has 0 aliphatic rings. The van der Waals surface area contributed by atoms with E-state index in [1.165, 1.54) is 12.1 Å². The highest BCUT2D eigenvalue weighted by molar-refractivity contribution is 6.04. The van der Waals surface area contributed by atoms with Crippen molar-refractivity contribution in [1.29, 1.82) is 0 Å². The number of carbonyl (C=O) groups excluding carboxylic acids is 3. The van der Waals surface area contributed by atoms with E-state index in [1.54, 1.807) is 48.5 Å². The van der Waals surface area contributed by atoms with Crippen molar-refractivity contribution in [1.82, 2.24) is 10.9 Å². The summed E-state index contributed by atoms with van der Waals surface area (Å²) in [6.45, 7) is 6.62. The van der Waals surface area contributed by atoms with Crippen molar-refractivity contribution in [3.05, 3.63) is 83.4 Å². The Kier molecular flexibility index (Phi) is 9.27. The third-order valence-electron chi connectivity index (χ3n) is 4.90. The molecule has 3 rings (SSSR count). The van der Waals surface area contributed by atoms with Crippen LogP contribution in [0.4, 0.5) is 5.69 Å². The number of nitrogens with one attached hydrogen (secondary N) is 3. The quantitative estimate of drug-likeness (QED) is 0.366. The summed E-state index contributed by atoms with van der Waals surface area (Å²) in [5.74, 6) is -0.176. The maximum atomic E-state index is 12.7. The SMILES string of the molecule is CCOc1cc(C(=O)NNC(=O)c2ccc(NC(=O)c3ccccc3)cc2)cc(OCC)c1OCC. The van der Waals surface area contributed by atoms with Gasteiger partial charge in [-0.05, 0) is 69.3 Å². The Labute approximate surface area is 209 Å². The van der Waals surface area contributed by atoms with Crippen LogP contribution in [-0.2, 0) is 0 Å². The molecular formula is C27H29N3O6. The molecule has 36 heavy (non-hydrogen) atoms. The molecule has 3 aromatic carbocycles. The molecule has 0 atom stereocenters. The largest absolute Gasteiger partial charge is 0.490 e. The number of amides is 3. The molecule has 3 amide bonds. The van der Waals surface area contributed by atoms with E-state index in [4.69, 9.17) is 14.2 Å². The van der Waals surface area contributed by atoms with E-state index in [0.29, 0.717) is 53.9 Å². The van der Waals surface area contributed by atoms with Gasteiger partial charge in [0.2, 0.25) is 5.75 Å². The average Bonchev–Trinajstić information content (AvgIpc) is 2.90. The van der Waals surface area contributed by atoms with Crippen molar-refractivity contribution in [3.8, 4) is 17.2 Å². The molecule has 3 aromatic rings. The van der Waals surface area contributed by atoms with Gasteiger partial charge in [-0.25, -0.2) is 0 Å². The number of ether oxygens (including phenoxy) is 3. The molecule has 188 valence electrons. The molecule has 0 radical (unpaired) electrons. The first-order valence-electron chi connectivity index (χ1n) is 11.6. The van der Waals surface area contributed by atoms with Crippen molar-refractivity contribution in [2.75, 3.05) is 25.1 Å². The second kappa shape index (κ2) is 12.8. The van der Waals surface area contributed by atoms with Gasteiger partial charge in [0.1, 0.15) is 0 Å². The number of benzene rings is 3. The smallest absolute Gasteiger partial charge is 0.269 e. The third kappa shape index (κ3) is 6.75. The Hall–Kier alpha value is -4.53. The zero-order valence-electron chi connectivity index (χ0n) is 20.4. The number of hydrogen-bond acceptors (Lipinski definition) is 6. The van der Waals surface area contributed by atoms with Crippen LogP contribution in [0.15, 0.2) is 66.7 Å². The highest BCUT2D eigenvalue weighted by Crippen LogP contribution is 2.39. The van der Waals surface area contributed by atoms with Crippen LogP contribution < -0.4 is 30.4 Å². The summed E-state index contributed by atoms with van der Waals surface area (Å²) in [5, 5.41) is 2.77. The van der Waals surface area contributed by atoms with Gasteiger partial charge < -0.3 is 19.5 Å². The summed E-state index contributed by atoms with van der Waals surface area (Å²) in [4.78, 5) is 37.5. The summed E-state index contributed by atoms with van der Waals surface area (Å²) in [5.41, 5.74) is 6.36. The lowest BCUT2D eigenvalue weighted by atomic mass is 10.1. The van der Waals surface area contributed by atoms with Crippen molar-refractivity contribution < 1.29 is 28.6 Å². The summed E-state index contributed by atoms with van der Waals surface area (Å²) in [6.07, 6.45) is 0. The first-order chi connectivity index (χ1) is 17.5. The van der Waals surface area contributed by atoms with Crippen LogP contribution >= 0.6 is 0 Å². The number of rotatable bonds is 10. The van der Waals surface area contributed by atoms with E-state index in [0.717, 1.165) is 0 Å². The van der Waals surface area contributed by atoms with Gasteiger partial charge >= 0.3 is 0 Å². The van der Waals surface area contributed by atoms with Crippen LogP contribution in [-0.4, -0.2) is 37.5 Å². The number of hydrazine groups is 1. The van der Waals surface area contributed by atoms with Gasteiger partial charge in [0.05, 0.1) is 19.8 Å². The molecule has 0 aliphatic heterocycles. The predicted molar refractivity (Wildman–Crippen MR) is 136 cm³/mol. The number of anilines is 1. The lowest BCUT2D eigenvalue weighted by Crippen LogP contribution is -2.41. The molecule has 9 heteroatoms. The zero-order valence-corrected chi connectivity index (χ0v) is 20.4. The highest BCUT2D eigenvalue weighted by Gasteiger charge is 2.19. The predicted octanol–water partition coefficient (Wildman–Crippen LogP) is 4.21. The standard InChI is InChI=1S/C27H29N3O6/c1-4-34-22-16-20(17-23(35-5-2)24(22)36-6-3)27(33)30-29-26(32)19-12-14-21(15-13-19)28-25(31)18-10-8-7-9-11-18/h7-17H,4-6H2,1-3H3,(H,28,31)(H,29,32)(H,30,33). The van der Waals surface area contributed by atoms with E-state index in [-0.39, 0.29) is 11.5 Å². The second-order valence-electron chi connectivity index (χ2n) is 7.41. The summed E-state index contributed by atoms with van der Waals surface area (Å²) in [6, 6.07) is 18.1. The Morgan fingerprint density at radius 3 is 1.64 bits per heavy atom. The Bertz CT molecular complexity index is 1170. The van der Waals surface area contributed by atoms with Crippen LogP contribution in [0, 0.1) is 0 Å². The molecule has 3 N–H and O–H groups in total. The molecule has 0 saturated heterocycles. The Balaban J connectivity index is 1.65. The van der Waals surface area contributed by atoms with Crippen LogP contribution in [0.5, 0.6) is 17.2 Å². The highest BCUT2D eigenvalue weighted by atomic mass is 16.5. The van der Waals surface area contributed by atoms with Crippen molar-refractivity contribution in [2.45, 2.75) is 20.8 Å². The first kappa shape index (κ1) is 26.1. The molecule has 0 aromatic heterocycles. The number of hydrogen-bond donors (Lipinski definition) is 3. The summed E-state index contributed by atoms with van der Waals surface area (Å²) >= 11 is 0. The molecule has 0 heterocycles. The van der Waals surface area contributed by atoms with Gasteiger partial charge in [0, 0.05) is 22.4 Å². The molecule has 0 saturated carbocycles. The molecular weight excluding hydrogens is 462 g/mol. The van der Waals surface area contributed by atoms with E-state index in [1.807, 2.05) is 26.8 Å². The van der Waals surface area contributed by atoms with E-state index >= 15 is 0 Å². The van der Waals surface area contributed by atoms with Crippen LogP contribution in [0.3, 0.4) is 0 Å². The fourth-order valence-corrected chi connectivity index (χ4v) is 3.28. The summed E-state index contributed by atoms with van der Waals surface area (Å²) in [7, 11) is 0. The molecule has 0 spiro atoms. The van der Waals surface area contributed by atoms with Crippen LogP contribution in [0.25, 0.3) is 0 Å². The first-order valence-corrected chi connectivity index (χ1v) is 11.6. The monoisotopic (exact) mass is 491 g/mol. The maximum Gasteiger partial charge on any atom is 0.269 e. The van der Waals surface area contributed by atoms with E-state index < -0.39 is 11.8 Å². The lowest BCUT2D eigenvalue weighted by molar-refractivity contribution is 0.0846. The van der Waals surface area contributed by atoms with Gasteiger partial charge in [-0.15, -0.1) is 0 Å². The van der Waals surface area contributed by atoms with Crippen LogP contribution in [0.2, 0.25) is 0 Å². The fraction of sp³-hybridized carbons (Fsp3) is 0.222. The minimum atomic E-state index is -0.556. The molecule has 0 aliphatic carbocycles. The van der Waals surface area contributed by atoms with Crippen LogP contribution in [0.1, 0.15) is 51.8 Å². The zero-order chi connectivity index (χ0) is 25.9. The molecule has 0 fully saturated rings. The van der Waals surface area contributed by atoms with Crippen molar-refractivity contribution >= 4 is 23.4 Å². The van der Waals surface area contributed by atoms with Crippen molar-refractivity contribution in [3.63, 3.8) is 0 Å². The minimum absolute atomic E-state index is 0.227. The van der Waals surface area contributed by atoms with Gasteiger partial charge in [-0.2, -0.15) is 0 Å². The maximum absolute atomic E-state index is 12.7. The lowest BCUT2D eigenvalue weighted by Gasteiger charge is -2.17. The van der Waals surface area contributed by atoms with E-state index in [2.05, 4.69) is 16.2 Å². The average molecular weight is 492 g/mol. The van der Waals surface area contributed by atoms with Crippen molar-refractivity contribution in [2.24, 2.45) is 0 Å². The minimum Gasteiger partial charge on any atom is -0.490 e. The van der Waals surface area contributed by atoms with Gasteiger partial charge in [-0.1, -0.05) is 18.2 Å².